The van der Waals surface area contributed by atoms with Crippen molar-refractivity contribution in [3.05, 3.63) is 30.1 Å². The molecule has 114 valence electrons. The highest BCUT2D eigenvalue weighted by atomic mass is 19.1. The van der Waals surface area contributed by atoms with Crippen molar-refractivity contribution in [3.8, 4) is 0 Å². The average Bonchev–Trinajstić information content (AvgIpc) is 2.85. The van der Waals surface area contributed by atoms with Gasteiger partial charge >= 0.3 is 5.97 Å². The first kappa shape index (κ1) is 15.4. The molecule has 0 bridgehead atoms. The van der Waals surface area contributed by atoms with Gasteiger partial charge in [0.05, 0.1) is 12.2 Å². The number of carbonyl (C=O) groups is 2. The molecule has 2 N–H and O–H groups in total. The Balaban J connectivity index is 2.06. The lowest BCUT2D eigenvalue weighted by Crippen LogP contribution is -2.52. The maximum atomic E-state index is 13.5. The number of nitrogens with zero attached hydrogens (tertiary/aromatic N) is 1. The first-order valence-corrected chi connectivity index (χ1v) is 7.02. The predicted octanol–water partition coefficient (Wildman–Crippen LogP) is 2.09. The van der Waals surface area contributed by atoms with Crippen LogP contribution in [-0.2, 0) is 9.59 Å². The number of para-hydroxylation sites is 1. The molecule has 1 aromatic carbocycles. The van der Waals surface area contributed by atoms with Crippen LogP contribution in [0.25, 0.3) is 0 Å². The Morgan fingerprint density at radius 3 is 2.76 bits per heavy atom. The van der Waals surface area contributed by atoms with Gasteiger partial charge in [0.25, 0.3) is 0 Å². The van der Waals surface area contributed by atoms with Crippen LogP contribution in [-0.4, -0.2) is 40.5 Å². The van der Waals surface area contributed by atoms with Crippen molar-refractivity contribution in [2.45, 2.75) is 31.7 Å². The van der Waals surface area contributed by atoms with Crippen LogP contribution in [0.5, 0.6) is 0 Å². The number of benzene rings is 1. The third kappa shape index (κ3) is 3.05. The zero-order valence-corrected chi connectivity index (χ0v) is 11.9. The molecule has 0 saturated carbocycles. The molecule has 6 heteroatoms. The van der Waals surface area contributed by atoms with E-state index in [0.29, 0.717) is 19.4 Å². The summed E-state index contributed by atoms with van der Waals surface area (Å²) >= 11 is 0. The van der Waals surface area contributed by atoms with Gasteiger partial charge in [-0.3, -0.25) is 14.5 Å². The van der Waals surface area contributed by atoms with E-state index in [0.717, 1.165) is 6.42 Å². The average molecular weight is 294 g/mol. The lowest BCUT2D eigenvalue weighted by molar-refractivity contribution is -0.150. The molecule has 1 atom stereocenters. The SMILES string of the molecule is CCC1(C(=O)O)CCCN1CC(=O)Nc1ccccc1F. The Morgan fingerprint density at radius 2 is 2.14 bits per heavy atom. The topological polar surface area (TPSA) is 69.6 Å². The second-order valence-corrected chi connectivity index (χ2v) is 5.24. The molecule has 1 unspecified atom stereocenters. The van der Waals surface area contributed by atoms with E-state index < -0.39 is 23.2 Å². The van der Waals surface area contributed by atoms with Crippen molar-refractivity contribution in [2.24, 2.45) is 0 Å². The van der Waals surface area contributed by atoms with Crippen molar-refractivity contribution >= 4 is 17.6 Å². The molecule has 1 saturated heterocycles. The number of nitrogens with one attached hydrogen (secondary N) is 1. The van der Waals surface area contributed by atoms with Crippen LogP contribution in [0, 0.1) is 5.82 Å². The monoisotopic (exact) mass is 294 g/mol. The minimum atomic E-state index is -0.980. The van der Waals surface area contributed by atoms with E-state index in [1.165, 1.54) is 18.2 Å². The van der Waals surface area contributed by atoms with Gasteiger partial charge in [-0.2, -0.15) is 0 Å². The summed E-state index contributed by atoms with van der Waals surface area (Å²) in [7, 11) is 0. The van der Waals surface area contributed by atoms with E-state index in [1.807, 2.05) is 0 Å². The number of anilines is 1. The van der Waals surface area contributed by atoms with Crippen molar-refractivity contribution in [2.75, 3.05) is 18.4 Å². The number of hydrogen-bond donors (Lipinski definition) is 2. The van der Waals surface area contributed by atoms with Crippen molar-refractivity contribution in [3.63, 3.8) is 0 Å². The minimum Gasteiger partial charge on any atom is -0.480 e. The van der Waals surface area contributed by atoms with Gasteiger partial charge < -0.3 is 10.4 Å². The molecule has 1 aliphatic heterocycles. The van der Waals surface area contributed by atoms with Crippen LogP contribution in [0.3, 0.4) is 0 Å². The number of carboxylic acids is 1. The summed E-state index contributed by atoms with van der Waals surface area (Å²) in [6, 6.07) is 5.90. The van der Waals surface area contributed by atoms with Crippen LogP contribution in [0.1, 0.15) is 26.2 Å². The van der Waals surface area contributed by atoms with E-state index in [2.05, 4.69) is 5.32 Å². The molecule has 1 aliphatic rings. The fraction of sp³-hybridized carbons (Fsp3) is 0.467. The fourth-order valence-electron chi connectivity index (χ4n) is 2.88. The molecule has 0 spiro atoms. The fourth-order valence-corrected chi connectivity index (χ4v) is 2.88. The van der Waals surface area contributed by atoms with E-state index in [1.54, 1.807) is 17.9 Å². The van der Waals surface area contributed by atoms with E-state index >= 15 is 0 Å². The predicted molar refractivity (Wildman–Crippen MR) is 76.5 cm³/mol. The Labute approximate surface area is 122 Å². The quantitative estimate of drug-likeness (QED) is 0.872. The van der Waals surface area contributed by atoms with Crippen LogP contribution in [0.4, 0.5) is 10.1 Å². The van der Waals surface area contributed by atoms with Gasteiger partial charge in [-0.15, -0.1) is 0 Å². The first-order valence-electron chi connectivity index (χ1n) is 7.02. The van der Waals surface area contributed by atoms with Crippen LogP contribution < -0.4 is 5.32 Å². The molecule has 2 rings (SSSR count). The molecular formula is C15H19FN2O3. The Kier molecular flexibility index (Phi) is 4.57. The summed E-state index contributed by atoms with van der Waals surface area (Å²) in [6.45, 7) is 2.32. The molecule has 0 radical (unpaired) electrons. The molecule has 1 aromatic rings. The number of amides is 1. The van der Waals surface area contributed by atoms with Crippen molar-refractivity contribution < 1.29 is 19.1 Å². The summed E-state index contributed by atoms with van der Waals surface area (Å²) in [5, 5.41) is 11.9. The van der Waals surface area contributed by atoms with E-state index in [4.69, 9.17) is 0 Å². The van der Waals surface area contributed by atoms with Crippen LogP contribution in [0.15, 0.2) is 24.3 Å². The van der Waals surface area contributed by atoms with Gasteiger partial charge in [-0.05, 0) is 37.9 Å². The molecular weight excluding hydrogens is 275 g/mol. The Morgan fingerprint density at radius 1 is 1.43 bits per heavy atom. The number of rotatable bonds is 5. The number of halogens is 1. The largest absolute Gasteiger partial charge is 0.480 e. The molecule has 0 aromatic heterocycles. The van der Waals surface area contributed by atoms with Crippen LogP contribution in [0.2, 0.25) is 0 Å². The normalized spacial score (nSPS) is 22.2. The van der Waals surface area contributed by atoms with E-state index in [9.17, 15) is 19.1 Å². The van der Waals surface area contributed by atoms with Gasteiger partial charge in [0.1, 0.15) is 11.4 Å². The molecule has 21 heavy (non-hydrogen) atoms. The standard InChI is InChI=1S/C15H19FN2O3/c1-2-15(14(20)21)8-5-9-18(15)10-13(19)17-12-7-4-3-6-11(12)16/h3-4,6-7H,2,5,8-10H2,1H3,(H,17,19)(H,20,21). The summed E-state index contributed by atoms with van der Waals surface area (Å²) in [5.74, 6) is -1.81. The maximum Gasteiger partial charge on any atom is 0.324 e. The van der Waals surface area contributed by atoms with Crippen LogP contribution >= 0.6 is 0 Å². The summed E-state index contributed by atoms with van der Waals surface area (Å²) in [5.41, 5.74) is -0.869. The van der Waals surface area contributed by atoms with Gasteiger partial charge in [0, 0.05) is 0 Å². The molecule has 0 aliphatic carbocycles. The number of hydrogen-bond acceptors (Lipinski definition) is 3. The summed E-state index contributed by atoms with van der Waals surface area (Å²) in [4.78, 5) is 25.2. The molecule has 1 heterocycles. The summed E-state index contributed by atoms with van der Waals surface area (Å²) < 4.78 is 13.5. The van der Waals surface area contributed by atoms with Gasteiger partial charge in [-0.1, -0.05) is 19.1 Å². The number of aliphatic carboxylic acids is 1. The molecule has 1 amide bonds. The minimum absolute atomic E-state index is 0.0471. The summed E-state index contributed by atoms with van der Waals surface area (Å²) in [6.07, 6.45) is 1.72. The number of likely N-dealkylation sites (tertiary alicyclic amines) is 1. The maximum absolute atomic E-state index is 13.5. The van der Waals surface area contributed by atoms with Crippen molar-refractivity contribution in [1.82, 2.24) is 4.90 Å². The Bertz CT molecular complexity index is 549. The smallest absolute Gasteiger partial charge is 0.324 e. The zero-order valence-electron chi connectivity index (χ0n) is 11.9. The number of carboxylic acid groups (broad SMARTS) is 1. The molecule has 1 fully saturated rings. The third-order valence-corrected chi connectivity index (χ3v) is 4.09. The van der Waals surface area contributed by atoms with Crippen molar-refractivity contribution in [1.29, 1.82) is 0 Å². The van der Waals surface area contributed by atoms with E-state index in [-0.39, 0.29) is 12.2 Å². The van der Waals surface area contributed by atoms with Gasteiger partial charge in [0.15, 0.2) is 0 Å². The highest BCUT2D eigenvalue weighted by Crippen LogP contribution is 2.32. The second kappa shape index (κ2) is 6.22. The highest BCUT2D eigenvalue weighted by Gasteiger charge is 2.46. The lowest BCUT2D eigenvalue weighted by atomic mass is 9.93. The Hall–Kier alpha value is -1.95. The highest BCUT2D eigenvalue weighted by molar-refractivity contribution is 5.93. The zero-order chi connectivity index (χ0) is 15.5. The second-order valence-electron chi connectivity index (χ2n) is 5.24. The lowest BCUT2D eigenvalue weighted by Gasteiger charge is -2.33. The molecule has 5 nitrogen and oxygen atoms in total. The van der Waals surface area contributed by atoms with Gasteiger partial charge in [-0.25, -0.2) is 4.39 Å². The number of carbonyl (C=O) groups excluding carboxylic acids is 1. The first-order chi connectivity index (χ1) is 9.99. The van der Waals surface area contributed by atoms with Gasteiger partial charge in [0.2, 0.25) is 5.91 Å². The third-order valence-electron chi connectivity index (χ3n) is 4.09.